The maximum Gasteiger partial charge on any atom is 0.165 e. The lowest BCUT2D eigenvalue weighted by molar-refractivity contribution is 0.182. The third-order valence-corrected chi connectivity index (χ3v) is 3.48. The van der Waals surface area contributed by atoms with Gasteiger partial charge in [0.2, 0.25) is 0 Å². The van der Waals surface area contributed by atoms with Crippen LogP contribution in [-0.2, 0) is 6.54 Å². The molecule has 1 aromatic rings. The lowest BCUT2D eigenvalue weighted by Gasteiger charge is -2.30. The van der Waals surface area contributed by atoms with Crippen LogP contribution >= 0.6 is 0 Å². The minimum atomic E-state index is -0.308. The van der Waals surface area contributed by atoms with Crippen molar-refractivity contribution in [1.29, 1.82) is 0 Å². The third-order valence-electron chi connectivity index (χ3n) is 3.48. The van der Waals surface area contributed by atoms with Gasteiger partial charge in [-0.3, -0.25) is 4.90 Å². The average Bonchev–Trinajstić information content (AvgIpc) is 2.40. The third kappa shape index (κ3) is 4.48. The van der Waals surface area contributed by atoms with Crippen LogP contribution in [0.1, 0.15) is 32.3 Å². The molecule has 0 saturated heterocycles. The lowest BCUT2D eigenvalue weighted by atomic mass is 10.1. The summed E-state index contributed by atoms with van der Waals surface area (Å²) >= 11 is 0. The molecular formula is C15H25FN2O. The van der Waals surface area contributed by atoms with Gasteiger partial charge in [-0.25, -0.2) is 4.39 Å². The molecular weight excluding hydrogens is 243 g/mol. The summed E-state index contributed by atoms with van der Waals surface area (Å²) in [5.74, 6) is -0.0195. The SMILES string of the molecule is CCC(CC)N(CCN)Cc1ccc(OC)c(F)c1. The molecule has 0 radical (unpaired) electrons. The Hall–Kier alpha value is -1.13. The van der Waals surface area contributed by atoms with E-state index in [4.69, 9.17) is 10.5 Å². The molecule has 0 aliphatic heterocycles. The van der Waals surface area contributed by atoms with Crippen molar-refractivity contribution < 1.29 is 9.13 Å². The zero-order valence-electron chi connectivity index (χ0n) is 12.2. The van der Waals surface area contributed by atoms with E-state index >= 15 is 0 Å². The van der Waals surface area contributed by atoms with Gasteiger partial charge in [0.15, 0.2) is 11.6 Å². The van der Waals surface area contributed by atoms with Crippen LogP contribution in [0.5, 0.6) is 5.75 Å². The number of halogens is 1. The molecule has 0 amide bonds. The van der Waals surface area contributed by atoms with Crippen LogP contribution in [0.3, 0.4) is 0 Å². The van der Waals surface area contributed by atoms with Crippen molar-refractivity contribution in [3.05, 3.63) is 29.6 Å². The maximum absolute atomic E-state index is 13.7. The van der Waals surface area contributed by atoms with Crippen LogP contribution in [0.15, 0.2) is 18.2 Å². The summed E-state index contributed by atoms with van der Waals surface area (Å²) in [7, 11) is 1.48. The molecule has 108 valence electrons. The van der Waals surface area contributed by atoms with Crippen LogP contribution in [0.4, 0.5) is 4.39 Å². The van der Waals surface area contributed by atoms with Gasteiger partial charge in [-0.1, -0.05) is 19.9 Å². The summed E-state index contributed by atoms with van der Waals surface area (Å²) in [5, 5.41) is 0. The van der Waals surface area contributed by atoms with Gasteiger partial charge in [-0.05, 0) is 30.5 Å². The number of rotatable bonds is 8. The number of hydrogen-bond donors (Lipinski definition) is 1. The molecule has 0 heterocycles. The Morgan fingerprint density at radius 1 is 1.32 bits per heavy atom. The first-order chi connectivity index (χ1) is 9.15. The highest BCUT2D eigenvalue weighted by Gasteiger charge is 2.15. The second kappa shape index (κ2) is 8.12. The molecule has 0 aliphatic rings. The molecule has 0 spiro atoms. The van der Waals surface area contributed by atoms with Crippen LogP contribution in [0.2, 0.25) is 0 Å². The van der Waals surface area contributed by atoms with E-state index in [0.29, 0.717) is 12.6 Å². The Kier molecular flexibility index (Phi) is 6.81. The second-order valence-corrected chi connectivity index (χ2v) is 4.70. The number of methoxy groups -OCH3 is 1. The highest BCUT2D eigenvalue weighted by Crippen LogP contribution is 2.20. The number of nitrogens with zero attached hydrogens (tertiary/aromatic N) is 1. The van der Waals surface area contributed by atoms with E-state index < -0.39 is 0 Å². The molecule has 2 N–H and O–H groups in total. The van der Waals surface area contributed by atoms with E-state index in [2.05, 4.69) is 18.7 Å². The van der Waals surface area contributed by atoms with E-state index in [0.717, 1.165) is 31.5 Å². The van der Waals surface area contributed by atoms with Crippen molar-refractivity contribution in [1.82, 2.24) is 4.90 Å². The quantitative estimate of drug-likeness (QED) is 0.788. The number of nitrogens with two attached hydrogens (primary N) is 1. The molecule has 0 bridgehead atoms. The average molecular weight is 268 g/mol. The molecule has 4 heteroatoms. The summed E-state index contributed by atoms with van der Waals surface area (Å²) in [5.41, 5.74) is 6.63. The van der Waals surface area contributed by atoms with Crippen LogP contribution < -0.4 is 10.5 Å². The highest BCUT2D eigenvalue weighted by atomic mass is 19.1. The van der Waals surface area contributed by atoms with Gasteiger partial charge in [0.05, 0.1) is 7.11 Å². The van der Waals surface area contributed by atoms with E-state index in [-0.39, 0.29) is 11.6 Å². The van der Waals surface area contributed by atoms with Crippen LogP contribution in [0, 0.1) is 5.82 Å². The predicted molar refractivity (Wildman–Crippen MR) is 76.8 cm³/mol. The van der Waals surface area contributed by atoms with Crippen molar-refractivity contribution in [3.8, 4) is 5.75 Å². The fourth-order valence-electron chi connectivity index (χ4n) is 2.40. The monoisotopic (exact) mass is 268 g/mol. The second-order valence-electron chi connectivity index (χ2n) is 4.70. The topological polar surface area (TPSA) is 38.5 Å². The van der Waals surface area contributed by atoms with E-state index in [1.165, 1.54) is 7.11 Å². The van der Waals surface area contributed by atoms with Gasteiger partial charge in [0.1, 0.15) is 0 Å². The van der Waals surface area contributed by atoms with Crippen LogP contribution in [-0.4, -0.2) is 31.1 Å². The molecule has 0 aromatic heterocycles. The van der Waals surface area contributed by atoms with Gasteiger partial charge in [0.25, 0.3) is 0 Å². The molecule has 1 aromatic carbocycles. The van der Waals surface area contributed by atoms with Gasteiger partial charge in [0, 0.05) is 25.7 Å². The van der Waals surface area contributed by atoms with E-state index in [1.807, 2.05) is 6.07 Å². The summed E-state index contributed by atoms with van der Waals surface area (Å²) in [6.45, 7) is 6.53. The minimum Gasteiger partial charge on any atom is -0.494 e. The zero-order chi connectivity index (χ0) is 14.3. The molecule has 0 unspecified atom stereocenters. The summed E-state index contributed by atoms with van der Waals surface area (Å²) < 4.78 is 18.6. The van der Waals surface area contributed by atoms with Crippen molar-refractivity contribution in [3.63, 3.8) is 0 Å². The Balaban J connectivity index is 2.81. The molecule has 0 atom stereocenters. The normalized spacial score (nSPS) is 11.3. The van der Waals surface area contributed by atoms with Crippen molar-refractivity contribution in [2.45, 2.75) is 39.3 Å². The van der Waals surface area contributed by atoms with Crippen molar-refractivity contribution in [2.24, 2.45) is 5.73 Å². The van der Waals surface area contributed by atoms with Gasteiger partial charge in [-0.15, -0.1) is 0 Å². The maximum atomic E-state index is 13.7. The molecule has 3 nitrogen and oxygen atoms in total. The summed E-state index contributed by atoms with van der Waals surface area (Å²) in [4.78, 5) is 2.32. The fraction of sp³-hybridized carbons (Fsp3) is 0.600. The first-order valence-corrected chi connectivity index (χ1v) is 6.92. The summed E-state index contributed by atoms with van der Waals surface area (Å²) in [6, 6.07) is 5.63. The Labute approximate surface area is 115 Å². The van der Waals surface area contributed by atoms with Crippen molar-refractivity contribution >= 4 is 0 Å². The standard InChI is InChI=1S/C15H25FN2O/c1-4-13(5-2)18(9-8-17)11-12-6-7-15(19-3)14(16)10-12/h6-7,10,13H,4-5,8-9,11,17H2,1-3H3. The molecule has 0 fully saturated rings. The summed E-state index contributed by atoms with van der Waals surface area (Å²) in [6.07, 6.45) is 2.16. The van der Waals surface area contributed by atoms with Gasteiger partial charge in [-0.2, -0.15) is 0 Å². The first kappa shape index (κ1) is 15.9. The number of benzene rings is 1. The molecule has 0 saturated carbocycles. The van der Waals surface area contributed by atoms with E-state index in [1.54, 1.807) is 12.1 Å². The lowest BCUT2D eigenvalue weighted by Crippen LogP contribution is -2.37. The van der Waals surface area contributed by atoms with Crippen molar-refractivity contribution in [2.75, 3.05) is 20.2 Å². The Bertz CT molecular complexity index is 380. The molecule has 1 rings (SSSR count). The molecule has 19 heavy (non-hydrogen) atoms. The Morgan fingerprint density at radius 2 is 2.00 bits per heavy atom. The molecule has 0 aliphatic carbocycles. The zero-order valence-corrected chi connectivity index (χ0v) is 12.2. The Morgan fingerprint density at radius 3 is 2.47 bits per heavy atom. The van der Waals surface area contributed by atoms with Crippen LogP contribution in [0.25, 0.3) is 0 Å². The van der Waals surface area contributed by atoms with Gasteiger partial charge < -0.3 is 10.5 Å². The highest BCUT2D eigenvalue weighted by molar-refractivity contribution is 5.29. The van der Waals surface area contributed by atoms with E-state index in [9.17, 15) is 4.39 Å². The number of ether oxygens (including phenoxy) is 1. The number of hydrogen-bond acceptors (Lipinski definition) is 3. The largest absolute Gasteiger partial charge is 0.494 e. The minimum absolute atomic E-state index is 0.289. The van der Waals surface area contributed by atoms with Gasteiger partial charge >= 0.3 is 0 Å². The predicted octanol–water partition coefficient (Wildman–Crippen LogP) is 2.78. The first-order valence-electron chi connectivity index (χ1n) is 6.92. The fourth-order valence-corrected chi connectivity index (χ4v) is 2.40. The smallest absolute Gasteiger partial charge is 0.165 e.